The number of benzene rings is 1. The number of aromatic amines is 1. The first-order valence-electron chi connectivity index (χ1n) is 8.81. The molecule has 0 saturated heterocycles. The molecule has 2 heterocycles. The van der Waals surface area contributed by atoms with Crippen LogP contribution in [-0.4, -0.2) is 28.3 Å². The molecule has 0 spiro atoms. The van der Waals surface area contributed by atoms with Crippen LogP contribution in [0.25, 0.3) is 10.9 Å². The maximum Gasteiger partial charge on any atom is 0.267 e. The highest BCUT2D eigenvalue weighted by atomic mass is 16.2. The first kappa shape index (κ1) is 16.3. The summed E-state index contributed by atoms with van der Waals surface area (Å²) in [6, 6.07) is 13.2. The van der Waals surface area contributed by atoms with Crippen molar-refractivity contribution < 1.29 is 9.59 Å². The second-order valence-electron chi connectivity index (χ2n) is 6.58. The van der Waals surface area contributed by atoms with Crippen LogP contribution in [0.3, 0.4) is 0 Å². The Hall–Kier alpha value is -3.15. The first-order chi connectivity index (χ1) is 12.7. The Kier molecular flexibility index (Phi) is 4.39. The number of carbonyl (C=O) groups excluding carboxylic acids is 2. The predicted octanol–water partition coefficient (Wildman–Crippen LogP) is 2.88. The van der Waals surface area contributed by atoms with Crippen molar-refractivity contribution in [1.82, 2.24) is 15.3 Å². The maximum absolute atomic E-state index is 12.3. The Morgan fingerprint density at radius 3 is 2.81 bits per heavy atom. The van der Waals surface area contributed by atoms with Crippen molar-refractivity contribution in [1.29, 1.82) is 0 Å². The van der Waals surface area contributed by atoms with E-state index in [1.54, 1.807) is 12.3 Å². The highest BCUT2D eigenvalue weighted by molar-refractivity contribution is 6.00. The average Bonchev–Trinajstić information content (AvgIpc) is 3.42. The Morgan fingerprint density at radius 1 is 1.15 bits per heavy atom. The van der Waals surface area contributed by atoms with Gasteiger partial charge in [-0.2, -0.15) is 0 Å². The SMILES string of the molecule is O=C(NCCc1ccccn1)c1cc2cc(NC(=O)C3CC3)ccc2[nH]1. The molecular formula is C20H20N4O2. The monoisotopic (exact) mass is 348 g/mol. The van der Waals surface area contributed by atoms with Crippen LogP contribution in [0, 0.1) is 5.92 Å². The molecule has 3 N–H and O–H groups in total. The lowest BCUT2D eigenvalue weighted by molar-refractivity contribution is -0.117. The molecule has 6 nitrogen and oxygen atoms in total. The molecule has 0 atom stereocenters. The Morgan fingerprint density at radius 2 is 2.04 bits per heavy atom. The fourth-order valence-electron chi connectivity index (χ4n) is 2.87. The number of nitrogens with zero attached hydrogens (tertiary/aromatic N) is 1. The summed E-state index contributed by atoms with van der Waals surface area (Å²) >= 11 is 0. The van der Waals surface area contributed by atoms with Crippen LogP contribution < -0.4 is 10.6 Å². The molecule has 132 valence electrons. The molecule has 1 aliphatic rings. The highest BCUT2D eigenvalue weighted by Crippen LogP contribution is 2.30. The molecule has 1 saturated carbocycles. The zero-order chi connectivity index (χ0) is 17.9. The molecule has 0 aliphatic heterocycles. The molecule has 0 unspecified atom stereocenters. The molecule has 3 aromatic rings. The topological polar surface area (TPSA) is 86.9 Å². The van der Waals surface area contributed by atoms with Crippen molar-refractivity contribution in [2.75, 3.05) is 11.9 Å². The molecule has 2 aromatic heterocycles. The number of amides is 2. The normalized spacial score (nSPS) is 13.5. The third-order valence-corrected chi connectivity index (χ3v) is 4.47. The summed E-state index contributed by atoms with van der Waals surface area (Å²) in [6.07, 6.45) is 4.38. The van der Waals surface area contributed by atoms with Gasteiger partial charge < -0.3 is 15.6 Å². The fraction of sp³-hybridized carbons (Fsp3) is 0.250. The van der Waals surface area contributed by atoms with Gasteiger partial charge in [-0.3, -0.25) is 14.6 Å². The van der Waals surface area contributed by atoms with Crippen LogP contribution in [0.1, 0.15) is 29.0 Å². The van der Waals surface area contributed by atoms with Crippen molar-refractivity contribution in [3.8, 4) is 0 Å². The summed E-state index contributed by atoms with van der Waals surface area (Å²) in [5, 5.41) is 6.72. The summed E-state index contributed by atoms with van der Waals surface area (Å²) in [6.45, 7) is 0.522. The van der Waals surface area contributed by atoms with Crippen LogP contribution in [0.15, 0.2) is 48.7 Å². The van der Waals surface area contributed by atoms with Gasteiger partial charge in [-0.25, -0.2) is 0 Å². The van der Waals surface area contributed by atoms with Gasteiger partial charge in [-0.05, 0) is 49.2 Å². The summed E-state index contributed by atoms with van der Waals surface area (Å²) < 4.78 is 0. The fourth-order valence-corrected chi connectivity index (χ4v) is 2.87. The minimum atomic E-state index is -0.152. The molecule has 0 bridgehead atoms. The smallest absolute Gasteiger partial charge is 0.267 e. The Bertz CT molecular complexity index is 945. The number of H-pyrrole nitrogens is 1. The largest absolute Gasteiger partial charge is 0.351 e. The van der Waals surface area contributed by atoms with E-state index in [1.165, 1.54) is 0 Å². The molecule has 1 aromatic carbocycles. The van der Waals surface area contributed by atoms with E-state index in [9.17, 15) is 9.59 Å². The van der Waals surface area contributed by atoms with E-state index >= 15 is 0 Å². The lowest BCUT2D eigenvalue weighted by Crippen LogP contribution is -2.26. The lowest BCUT2D eigenvalue weighted by Gasteiger charge is -2.03. The highest BCUT2D eigenvalue weighted by Gasteiger charge is 2.29. The number of anilines is 1. The van der Waals surface area contributed by atoms with Gasteiger partial charge in [0.05, 0.1) is 0 Å². The summed E-state index contributed by atoms with van der Waals surface area (Å²) in [5.41, 5.74) is 3.08. The van der Waals surface area contributed by atoms with Crippen LogP contribution >= 0.6 is 0 Å². The maximum atomic E-state index is 12.3. The molecule has 1 aliphatic carbocycles. The summed E-state index contributed by atoms with van der Waals surface area (Å²) in [5.74, 6) is 0.0884. The van der Waals surface area contributed by atoms with Gasteiger partial charge in [0.1, 0.15) is 5.69 Å². The minimum Gasteiger partial charge on any atom is -0.351 e. The molecular weight excluding hydrogens is 328 g/mol. The third-order valence-electron chi connectivity index (χ3n) is 4.47. The number of carbonyl (C=O) groups is 2. The molecule has 6 heteroatoms. The van der Waals surface area contributed by atoms with E-state index in [1.807, 2.05) is 36.4 Å². The molecule has 1 fully saturated rings. The number of fused-ring (bicyclic) bond motifs is 1. The van der Waals surface area contributed by atoms with Gasteiger partial charge in [-0.15, -0.1) is 0 Å². The van der Waals surface area contributed by atoms with Crippen LogP contribution in [0.4, 0.5) is 5.69 Å². The van der Waals surface area contributed by atoms with E-state index in [0.717, 1.165) is 35.1 Å². The molecule has 26 heavy (non-hydrogen) atoms. The van der Waals surface area contributed by atoms with Crippen molar-refractivity contribution >= 4 is 28.4 Å². The Labute approximate surface area is 151 Å². The molecule has 2 amide bonds. The van der Waals surface area contributed by atoms with Crippen molar-refractivity contribution in [2.24, 2.45) is 5.92 Å². The van der Waals surface area contributed by atoms with Gasteiger partial charge in [0.15, 0.2) is 0 Å². The van der Waals surface area contributed by atoms with E-state index in [-0.39, 0.29) is 17.7 Å². The van der Waals surface area contributed by atoms with E-state index in [4.69, 9.17) is 0 Å². The number of rotatable bonds is 6. The number of hydrogen-bond acceptors (Lipinski definition) is 3. The van der Waals surface area contributed by atoms with Gasteiger partial charge in [-0.1, -0.05) is 6.07 Å². The summed E-state index contributed by atoms with van der Waals surface area (Å²) in [7, 11) is 0. The zero-order valence-electron chi connectivity index (χ0n) is 14.3. The van der Waals surface area contributed by atoms with Gasteiger partial charge in [0, 0.05) is 47.4 Å². The quantitative estimate of drug-likeness (QED) is 0.640. The second kappa shape index (κ2) is 7.00. The number of pyridine rings is 1. The van der Waals surface area contributed by atoms with Gasteiger partial charge in [0.2, 0.25) is 5.91 Å². The van der Waals surface area contributed by atoms with Crippen LogP contribution in [-0.2, 0) is 11.2 Å². The van der Waals surface area contributed by atoms with Gasteiger partial charge >= 0.3 is 0 Å². The number of aromatic nitrogens is 2. The van der Waals surface area contributed by atoms with Gasteiger partial charge in [0.25, 0.3) is 5.91 Å². The summed E-state index contributed by atoms with van der Waals surface area (Å²) in [4.78, 5) is 31.6. The van der Waals surface area contributed by atoms with Crippen molar-refractivity contribution in [3.63, 3.8) is 0 Å². The first-order valence-corrected chi connectivity index (χ1v) is 8.81. The molecule has 4 rings (SSSR count). The lowest BCUT2D eigenvalue weighted by atomic mass is 10.2. The van der Waals surface area contributed by atoms with E-state index in [2.05, 4.69) is 20.6 Å². The predicted molar refractivity (Wildman–Crippen MR) is 99.9 cm³/mol. The standard InChI is InChI=1S/C20H20N4O2/c25-19(13-4-5-13)23-16-6-7-17-14(11-16)12-18(24-17)20(26)22-10-8-15-3-1-2-9-21-15/h1-3,6-7,9,11-13,24H,4-5,8,10H2,(H,22,26)(H,23,25). The zero-order valence-corrected chi connectivity index (χ0v) is 14.3. The van der Waals surface area contributed by atoms with E-state index in [0.29, 0.717) is 18.7 Å². The number of nitrogens with one attached hydrogen (secondary N) is 3. The van der Waals surface area contributed by atoms with Crippen molar-refractivity contribution in [2.45, 2.75) is 19.3 Å². The molecule has 0 radical (unpaired) electrons. The third kappa shape index (κ3) is 3.74. The number of hydrogen-bond donors (Lipinski definition) is 3. The Balaban J connectivity index is 1.39. The minimum absolute atomic E-state index is 0.0763. The van der Waals surface area contributed by atoms with Crippen LogP contribution in [0.2, 0.25) is 0 Å². The van der Waals surface area contributed by atoms with E-state index < -0.39 is 0 Å². The second-order valence-corrected chi connectivity index (χ2v) is 6.58. The average molecular weight is 348 g/mol. The van der Waals surface area contributed by atoms with Crippen LogP contribution in [0.5, 0.6) is 0 Å². The van der Waals surface area contributed by atoms with Crippen molar-refractivity contribution in [3.05, 3.63) is 60.0 Å².